The van der Waals surface area contributed by atoms with Crippen LogP contribution in [0.1, 0.15) is 91.4 Å². The van der Waals surface area contributed by atoms with E-state index in [4.69, 9.17) is 4.55 Å². The molecule has 4 saturated carbocycles. The Kier molecular flexibility index (Phi) is 6.37. The van der Waals surface area contributed by atoms with Crippen LogP contribution in [0.4, 0.5) is 0 Å². The van der Waals surface area contributed by atoms with Crippen molar-refractivity contribution >= 4 is 10.4 Å². The third kappa shape index (κ3) is 4.11. The van der Waals surface area contributed by atoms with Crippen LogP contribution < -0.4 is 0 Å². The first-order valence-corrected chi connectivity index (χ1v) is 13.7. The Bertz CT molecular complexity index is 723. The number of hydrogen-bond donors (Lipinski definition) is 2. The molecule has 0 aromatic heterocycles. The minimum Gasteiger partial charge on any atom is -0.393 e. The van der Waals surface area contributed by atoms with Crippen LogP contribution in [0.3, 0.4) is 0 Å². The zero-order valence-electron chi connectivity index (χ0n) is 19.1. The highest BCUT2D eigenvalue weighted by Gasteiger charge is 2.60. The molecule has 4 aliphatic carbocycles. The van der Waals surface area contributed by atoms with E-state index in [1.807, 2.05) is 0 Å². The van der Waals surface area contributed by atoms with E-state index >= 15 is 0 Å². The lowest BCUT2D eigenvalue weighted by Gasteiger charge is -2.61. The van der Waals surface area contributed by atoms with Crippen LogP contribution in [-0.2, 0) is 14.6 Å². The van der Waals surface area contributed by atoms with E-state index in [1.54, 1.807) is 0 Å². The Morgan fingerprint density at radius 3 is 2.43 bits per heavy atom. The molecule has 2 N–H and O–H groups in total. The van der Waals surface area contributed by atoms with Crippen LogP contribution in [0.15, 0.2) is 0 Å². The molecule has 3 unspecified atom stereocenters. The molecule has 4 aliphatic rings. The third-order valence-corrected chi connectivity index (χ3v) is 10.9. The smallest absolute Gasteiger partial charge is 0.393 e. The molecule has 174 valence electrons. The maximum atomic E-state index is 10.8. The number of aliphatic hydroxyl groups excluding tert-OH is 1. The molecule has 5 nitrogen and oxygen atoms in total. The summed E-state index contributed by atoms with van der Waals surface area (Å²) < 4.78 is 34.8. The van der Waals surface area contributed by atoms with Gasteiger partial charge in [0.25, 0.3) is 0 Å². The molecular weight excluding hydrogens is 400 g/mol. The van der Waals surface area contributed by atoms with Crippen molar-refractivity contribution < 1.29 is 22.3 Å². The second kappa shape index (κ2) is 8.31. The summed E-state index contributed by atoms with van der Waals surface area (Å²) in [6.45, 7) is 7.51. The summed E-state index contributed by atoms with van der Waals surface area (Å²) in [6.07, 6.45) is 12.7. The molecule has 6 heteroatoms. The van der Waals surface area contributed by atoms with Crippen molar-refractivity contribution in [1.29, 1.82) is 0 Å². The molecule has 4 rings (SSSR count). The first kappa shape index (κ1) is 23.0. The number of fused-ring (bicyclic) bond motifs is 5. The average Bonchev–Trinajstić information content (AvgIpc) is 3.02. The van der Waals surface area contributed by atoms with Crippen molar-refractivity contribution in [1.82, 2.24) is 0 Å². The second-order valence-electron chi connectivity index (χ2n) is 11.7. The Morgan fingerprint density at radius 1 is 1.00 bits per heavy atom. The summed E-state index contributed by atoms with van der Waals surface area (Å²) in [5.41, 5.74) is 0.835. The van der Waals surface area contributed by atoms with Crippen LogP contribution in [0.25, 0.3) is 0 Å². The fraction of sp³-hybridized carbons (Fsp3) is 1.00. The van der Waals surface area contributed by atoms with Crippen LogP contribution in [0.2, 0.25) is 0 Å². The Balaban J connectivity index is 1.41. The third-order valence-electron chi connectivity index (χ3n) is 10.4. The summed E-state index contributed by atoms with van der Waals surface area (Å²) in [7, 11) is -4.32. The number of aliphatic hydroxyl groups is 1. The quantitative estimate of drug-likeness (QED) is 0.434. The second-order valence-corrected chi connectivity index (χ2v) is 12.8. The molecule has 0 saturated heterocycles. The molecule has 0 spiro atoms. The lowest BCUT2D eigenvalue weighted by molar-refractivity contribution is -0.129. The van der Waals surface area contributed by atoms with Crippen molar-refractivity contribution in [2.24, 2.45) is 46.3 Å². The van der Waals surface area contributed by atoms with Gasteiger partial charge in [0.05, 0.1) is 12.7 Å². The maximum absolute atomic E-state index is 10.8. The minimum absolute atomic E-state index is 0.0741. The zero-order valence-corrected chi connectivity index (χ0v) is 19.9. The predicted molar refractivity (Wildman–Crippen MR) is 117 cm³/mol. The standard InChI is InChI=1S/C24H42O5S/c1-16(5-4-14-29-30(26,27)28)20-8-9-21-19-7-6-17-15-18(25)10-12-23(17,2)22(19)11-13-24(20,21)3/h16-22,25H,4-15H2,1-3H3,(H,26,27,28)/t16-,17-,18+,19?,20-,21?,22?,23+,24-/m1/s1. The molecule has 0 aromatic rings. The van der Waals surface area contributed by atoms with Crippen molar-refractivity contribution in [3.63, 3.8) is 0 Å². The largest absolute Gasteiger partial charge is 0.397 e. The molecule has 0 heterocycles. The van der Waals surface area contributed by atoms with Gasteiger partial charge in [-0.1, -0.05) is 20.8 Å². The molecule has 4 fully saturated rings. The van der Waals surface area contributed by atoms with Gasteiger partial charge in [-0.15, -0.1) is 0 Å². The molecule has 0 radical (unpaired) electrons. The van der Waals surface area contributed by atoms with Gasteiger partial charge in [0.15, 0.2) is 0 Å². The summed E-state index contributed by atoms with van der Waals surface area (Å²) in [6, 6.07) is 0. The normalized spacial score (nSPS) is 47.2. The maximum Gasteiger partial charge on any atom is 0.397 e. The van der Waals surface area contributed by atoms with E-state index in [9.17, 15) is 13.5 Å². The first-order valence-electron chi connectivity index (χ1n) is 12.3. The van der Waals surface area contributed by atoms with E-state index in [0.29, 0.717) is 35.0 Å². The van der Waals surface area contributed by atoms with E-state index in [1.165, 1.54) is 44.9 Å². The van der Waals surface area contributed by atoms with Crippen molar-refractivity contribution in [2.75, 3.05) is 6.61 Å². The van der Waals surface area contributed by atoms with Crippen LogP contribution in [0.5, 0.6) is 0 Å². The van der Waals surface area contributed by atoms with Gasteiger partial charge in [-0.05, 0) is 117 Å². The van der Waals surface area contributed by atoms with Gasteiger partial charge in [0.2, 0.25) is 0 Å². The Hall–Kier alpha value is -0.170. The molecular formula is C24H42O5S. The highest BCUT2D eigenvalue weighted by atomic mass is 32.3. The van der Waals surface area contributed by atoms with E-state index in [-0.39, 0.29) is 12.7 Å². The van der Waals surface area contributed by atoms with Gasteiger partial charge in [-0.2, -0.15) is 8.42 Å². The first-order chi connectivity index (χ1) is 14.0. The van der Waals surface area contributed by atoms with Gasteiger partial charge in [0.1, 0.15) is 0 Å². The molecule has 0 amide bonds. The summed E-state index contributed by atoms with van der Waals surface area (Å²) in [5.74, 6) is 4.47. The minimum atomic E-state index is -4.32. The highest BCUT2D eigenvalue weighted by Crippen LogP contribution is 2.68. The van der Waals surface area contributed by atoms with Crippen molar-refractivity contribution in [2.45, 2.75) is 97.5 Å². The van der Waals surface area contributed by atoms with Gasteiger partial charge in [-0.25, -0.2) is 4.18 Å². The Morgan fingerprint density at radius 2 is 1.70 bits per heavy atom. The fourth-order valence-electron chi connectivity index (χ4n) is 8.98. The zero-order chi connectivity index (χ0) is 21.7. The molecule has 0 bridgehead atoms. The van der Waals surface area contributed by atoms with Gasteiger partial charge >= 0.3 is 10.4 Å². The van der Waals surface area contributed by atoms with Gasteiger partial charge < -0.3 is 5.11 Å². The SMILES string of the molecule is C[C@H](CCCOS(=O)(=O)O)[C@H]1CCC2C3CC[C@@H]4C[C@@H](O)CC[C@]4(C)C3CC[C@@]21C. The lowest BCUT2D eigenvalue weighted by Crippen LogP contribution is -2.54. The lowest BCUT2D eigenvalue weighted by atomic mass is 9.44. The molecule has 30 heavy (non-hydrogen) atoms. The molecule has 0 aromatic carbocycles. The van der Waals surface area contributed by atoms with Crippen LogP contribution in [-0.4, -0.2) is 30.8 Å². The summed E-state index contributed by atoms with van der Waals surface area (Å²) in [5, 5.41) is 10.2. The van der Waals surface area contributed by atoms with Crippen molar-refractivity contribution in [3.05, 3.63) is 0 Å². The Labute approximate surface area is 183 Å². The monoisotopic (exact) mass is 442 g/mol. The number of hydrogen-bond acceptors (Lipinski definition) is 4. The van der Waals surface area contributed by atoms with E-state index in [2.05, 4.69) is 25.0 Å². The fourth-order valence-corrected chi connectivity index (χ4v) is 9.31. The summed E-state index contributed by atoms with van der Waals surface area (Å²) in [4.78, 5) is 0. The van der Waals surface area contributed by atoms with Gasteiger partial charge in [-0.3, -0.25) is 4.55 Å². The molecule has 9 atom stereocenters. The van der Waals surface area contributed by atoms with E-state index in [0.717, 1.165) is 37.0 Å². The molecule has 0 aliphatic heterocycles. The number of rotatable bonds is 6. The van der Waals surface area contributed by atoms with E-state index < -0.39 is 10.4 Å². The average molecular weight is 443 g/mol. The topological polar surface area (TPSA) is 83.8 Å². The van der Waals surface area contributed by atoms with Crippen LogP contribution in [0, 0.1) is 46.3 Å². The van der Waals surface area contributed by atoms with Crippen molar-refractivity contribution in [3.8, 4) is 0 Å². The van der Waals surface area contributed by atoms with Crippen LogP contribution >= 0.6 is 0 Å². The summed E-state index contributed by atoms with van der Waals surface area (Å²) >= 11 is 0. The van der Waals surface area contributed by atoms with Gasteiger partial charge in [0, 0.05) is 0 Å². The predicted octanol–water partition coefficient (Wildman–Crippen LogP) is 5.24. The highest BCUT2D eigenvalue weighted by molar-refractivity contribution is 7.80.